The van der Waals surface area contributed by atoms with Gasteiger partial charge in [0.1, 0.15) is 10.8 Å². The predicted octanol–water partition coefficient (Wildman–Crippen LogP) is 2.38. The fraction of sp³-hybridized carbons (Fsp3) is 0.308. The number of hydrogen-bond donors (Lipinski definition) is 0. The average Bonchev–Trinajstić information content (AvgIpc) is 2.93. The van der Waals surface area contributed by atoms with Crippen LogP contribution in [0.15, 0.2) is 23.6 Å². The van der Waals surface area contributed by atoms with Crippen LogP contribution in [0.2, 0.25) is 0 Å². The van der Waals surface area contributed by atoms with Gasteiger partial charge in [-0.25, -0.2) is 13.4 Å². The molecule has 0 radical (unpaired) electrons. The van der Waals surface area contributed by atoms with Crippen molar-refractivity contribution in [1.29, 1.82) is 0 Å². The molecule has 0 amide bonds. The number of sulfone groups is 1. The first-order valence-corrected chi connectivity index (χ1v) is 8.77. The van der Waals surface area contributed by atoms with Crippen LogP contribution in [0.1, 0.15) is 16.1 Å². The highest BCUT2D eigenvalue weighted by atomic mass is 32.2. The van der Waals surface area contributed by atoms with Crippen LogP contribution >= 0.6 is 11.3 Å². The Kier molecular flexibility index (Phi) is 3.16. The molecule has 1 aromatic heterocycles. The second-order valence-electron chi connectivity index (χ2n) is 4.67. The maximum atomic E-state index is 11.2. The van der Waals surface area contributed by atoms with Crippen molar-refractivity contribution in [3.8, 4) is 11.3 Å². The zero-order valence-corrected chi connectivity index (χ0v) is 12.1. The summed E-state index contributed by atoms with van der Waals surface area (Å²) in [5, 5.41) is 2.53. The molecule has 0 spiro atoms. The first-order chi connectivity index (χ1) is 9.01. The van der Waals surface area contributed by atoms with E-state index in [1.165, 1.54) is 28.7 Å². The predicted molar refractivity (Wildman–Crippen MR) is 74.6 cm³/mol. The lowest BCUT2D eigenvalue weighted by molar-refractivity contribution is 0.134. The van der Waals surface area contributed by atoms with E-state index in [4.69, 9.17) is 4.74 Å². The number of ether oxygens (including phenoxy) is 1. The summed E-state index contributed by atoms with van der Waals surface area (Å²) in [6, 6.07) is 6.13. The molecule has 0 unspecified atom stereocenters. The standard InChI is InChI=1S/C13H13NO3S2/c1-19(15,16)8-13-14-12(7-18-13)9-2-3-10-5-17-6-11(10)4-9/h2-4,7H,5-6,8H2,1H3. The van der Waals surface area contributed by atoms with E-state index in [0.29, 0.717) is 18.2 Å². The molecule has 4 nitrogen and oxygen atoms in total. The maximum Gasteiger partial charge on any atom is 0.153 e. The van der Waals surface area contributed by atoms with Gasteiger partial charge in [0.15, 0.2) is 9.84 Å². The number of thiazole rings is 1. The smallest absolute Gasteiger partial charge is 0.153 e. The van der Waals surface area contributed by atoms with Gasteiger partial charge in [-0.1, -0.05) is 12.1 Å². The number of rotatable bonds is 3. The third-order valence-corrected chi connectivity index (χ3v) is 4.78. The third kappa shape index (κ3) is 2.86. The zero-order chi connectivity index (χ0) is 13.5. The van der Waals surface area contributed by atoms with Gasteiger partial charge in [0, 0.05) is 17.2 Å². The molecule has 6 heteroatoms. The Morgan fingerprint density at radius 3 is 2.89 bits per heavy atom. The summed E-state index contributed by atoms with van der Waals surface area (Å²) in [6.07, 6.45) is 1.22. The fourth-order valence-corrected chi connectivity index (χ4v) is 4.08. The van der Waals surface area contributed by atoms with E-state index >= 15 is 0 Å². The first-order valence-electron chi connectivity index (χ1n) is 5.83. The highest BCUT2D eigenvalue weighted by molar-refractivity contribution is 7.90. The Labute approximate surface area is 116 Å². The third-order valence-electron chi connectivity index (χ3n) is 2.95. The van der Waals surface area contributed by atoms with E-state index in [-0.39, 0.29) is 5.75 Å². The number of fused-ring (bicyclic) bond motifs is 1. The molecule has 2 heterocycles. The van der Waals surface area contributed by atoms with Crippen molar-refractivity contribution in [2.75, 3.05) is 6.26 Å². The Morgan fingerprint density at radius 1 is 1.32 bits per heavy atom. The number of hydrogen-bond acceptors (Lipinski definition) is 5. The Morgan fingerprint density at radius 2 is 2.11 bits per heavy atom. The van der Waals surface area contributed by atoms with E-state index in [1.54, 1.807) is 0 Å². The fourth-order valence-electron chi connectivity index (χ4n) is 2.07. The summed E-state index contributed by atoms with van der Waals surface area (Å²) in [6.45, 7) is 1.31. The van der Waals surface area contributed by atoms with Gasteiger partial charge in [-0.2, -0.15) is 0 Å². The molecule has 19 heavy (non-hydrogen) atoms. The Balaban J connectivity index is 1.90. The van der Waals surface area contributed by atoms with Gasteiger partial charge in [0.25, 0.3) is 0 Å². The molecule has 100 valence electrons. The molecule has 2 aromatic rings. The minimum absolute atomic E-state index is 0.00567. The van der Waals surface area contributed by atoms with Crippen LogP contribution in [0.3, 0.4) is 0 Å². The minimum atomic E-state index is -3.03. The van der Waals surface area contributed by atoms with Crippen LogP contribution < -0.4 is 0 Å². The number of benzene rings is 1. The van der Waals surface area contributed by atoms with Crippen molar-refractivity contribution in [1.82, 2.24) is 4.98 Å². The van der Waals surface area contributed by atoms with E-state index in [0.717, 1.165) is 11.3 Å². The van der Waals surface area contributed by atoms with Gasteiger partial charge in [-0.3, -0.25) is 0 Å². The van der Waals surface area contributed by atoms with Crippen LogP contribution in [0.25, 0.3) is 11.3 Å². The Bertz CT molecular complexity index is 719. The summed E-state index contributed by atoms with van der Waals surface area (Å²) < 4.78 is 27.9. The van der Waals surface area contributed by atoms with Gasteiger partial charge in [-0.05, 0) is 17.2 Å². The van der Waals surface area contributed by atoms with E-state index in [2.05, 4.69) is 11.1 Å². The van der Waals surface area contributed by atoms with Crippen molar-refractivity contribution < 1.29 is 13.2 Å². The largest absolute Gasteiger partial charge is 0.372 e. The summed E-state index contributed by atoms with van der Waals surface area (Å²) >= 11 is 1.38. The molecular formula is C13H13NO3S2. The lowest BCUT2D eigenvalue weighted by atomic mass is 10.1. The molecule has 0 atom stereocenters. The van der Waals surface area contributed by atoms with Gasteiger partial charge in [-0.15, -0.1) is 11.3 Å². The van der Waals surface area contributed by atoms with Gasteiger partial charge < -0.3 is 4.74 Å². The van der Waals surface area contributed by atoms with Gasteiger partial charge >= 0.3 is 0 Å². The van der Waals surface area contributed by atoms with Crippen molar-refractivity contribution in [2.45, 2.75) is 19.0 Å². The monoisotopic (exact) mass is 295 g/mol. The lowest BCUT2D eigenvalue weighted by Crippen LogP contribution is -1.99. The van der Waals surface area contributed by atoms with E-state index in [9.17, 15) is 8.42 Å². The van der Waals surface area contributed by atoms with Crippen LogP contribution in [-0.2, 0) is 33.5 Å². The molecule has 0 bridgehead atoms. The number of nitrogens with zero attached hydrogens (tertiary/aromatic N) is 1. The van der Waals surface area contributed by atoms with Crippen LogP contribution in [-0.4, -0.2) is 19.7 Å². The second kappa shape index (κ2) is 4.70. The molecule has 0 N–H and O–H groups in total. The molecule has 1 aromatic carbocycles. The topological polar surface area (TPSA) is 56.3 Å². The second-order valence-corrected chi connectivity index (χ2v) is 7.76. The summed E-state index contributed by atoms with van der Waals surface area (Å²) in [4.78, 5) is 4.39. The average molecular weight is 295 g/mol. The molecule has 3 rings (SSSR count). The highest BCUT2D eigenvalue weighted by Gasteiger charge is 2.14. The van der Waals surface area contributed by atoms with Crippen LogP contribution in [0.4, 0.5) is 0 Å². The van der Waals surface area contributed by atoms with Gasteiger partial charge in [0.2, 0.25) is 0 Å². The molecule has 0 fully saturated rings. The highest BCUT2D eigenvalue weighted by Crippen LogP contribution is 2.28. The maximum absolute atomic E-state index is 11.2. The van der Waals surface area contributed by atoms with Crippen molar-refractivity contribution >= 4 is 21.2 Å². The quantitative estimate of drug-likeness (QED) is 0.872. The number of aromatic nitrogens is 1. The van der Waals surface area contributed by atoms with E-state index < -0.39 is 9.84 Å². The lowest BCUT2D eigenvalue weighted by Gasteiger charge is -2.00. The van der Waals surface area contributed by atoms with Crippen LogP contribution in [0, 0.1) is 0 Å². The summed E-state index contributed by atoms with van der Waals surface area (Å²) in [7, 11) is -3.03. The molecule has 0 saturated carbocycles. The van der Waals surface area contributed by atoms with Crippen molar-refractivity contribution in [3.05, 3.63) is 39.7 Å². The summed E-state index contributed by atoms with van der Waals surface area (Å²) in [5.41, 5.74) is 4.25. The Hall–Kier alpha value is -1.24. The van der Waals surface area contributed by atoms with Crippen molar-refractivity contribution in [3.63, 3.8) is 0 Å². The molecule has 0 aliphatic carbocycles. The normalized spacial score (nSPS) is 14.6. The first kappa shape index (κ1) is 12.8. The minimum Gasteiger partial charge on any atom is -0.372 e. The molecule has 0 saturated heterocycles. The zero-order valence-electron chi connectivity index (χ0n) is 10.4. The summed E-state index contributed by atoms with van der Waals surface area (Å²) in [5.74, 6) is 0.00567. The molecule has 1 aliphatic heterocycles. The molecular weight excluding hydrogens is 282 g/mol. The molecule has 1 aliphatic rings. The van der Waals surface area contributed by atoms with E-state index in [1.807, 2.05) is 17.5 Å². The SMILES string of the molecule is CS(=O)(=O)Cc1nc(-c2ccc3c(c2)COC3)cs1. The van der Waals surface area contributed by atoms with Crippen molar-refractivity contribution in [2.24, 2.45) is 0 Å². The van der Waals surface area contributed by atoms with Crippen LogP contribution in [0.5, 0.6) is 0 Å². The van der Waals surface area contributed by atoms with Gasteiger partial charge in [0.05, 0.1) is 18.9 Å².